The zero-order valence-corrected chi connectivity index (χ0v) is 9.56. The minimum Gasteiger partial charge on any atom is -0.323 e. The molecule has 0 radical (unpaired) electrons. The second kappa shape index (κ2) is 4.06. The molecule has 84 valence electrons. The quantitative estimate of drug-likeness (QED) is 0.540. The maximum absolute atomic E-state index is 5.59. The second-order valence-corrected chi connectivity index (χ2v) is 4.29. The van der Waals surface area contributed by atoms with E-state index >= 15 is 0 Å². The average molecular weight is 222 g/mol. The maximum Gasteiger partial charge on any atom is 0.0976 e. The molecule has 0 spiro atoms. The lowest BCUT2D eigenvalue weighted by Crippen LogP contribution is -2.08. The number of fused-ring (bicyclic) bond motifs is 2. The maximum atomic E-state index is 5.59. The Bertz CT molecular complexity index is 535. The predicted molar refractivity (Wildman–Crippen MR) is 70.1 cm³/mol. The molecular weight excluding hydrogens is 208 g/mol. The standard InChI is InChI=1S/C15H14N2/c16-17-15-13-7-3-1-5-11(13)9-10-12-6-2-4-8-14(12)15/h1-8H,9-10,16H2. The van der Waals surface area contributed by atoms with Crippen molar-refractivity contribution >= 4 is 5.71 Å². The summed E-state index contributed by atoms with van der Waals surface area (Å²) in [6.45, 7) is 0. The van der Waals surface area contributed by atoms with Gasteiger partial charge in [0.1, 0.15) is 0 Å². The van der Waals surface area contributed by atoms with E-state index in [1.165, 1.54) is 22.3 Å². The molecule has 1 aliphatic rings. The molecule has 1 aliphatic carbocycles. The number of hydrogen-bond donors (Lipinski definition) is 1. The highest BCUT2D eigenvalue weighted by atomic mass is 15.1. The molecule has 0 atom stereocenters. The molecule has 0 aliphatic heterocycles. The van der Waals surface area contributed by atoms with E-state index in [4.69, 9.17) is 5.84 Å². The molecule has 2 nitrogen and oxygen atoms in total. The molecule has 0 unspecified atom stereocenters. The van der Waals surface area contributed by atoms with Crippen LogP contribution in [-0.2, 0) is 12.8 Å². The van der Waals surface area contributed by atoms with Gasteiger partial charge in [0, 0.05) is 11.1 Å². The first kappa shape index (κ1) is 10.1. The molecule has 2 N–H and O–H groups in total. The largest absolute Gasteiger partial charge is 0.323 e. The van der Waals surface area contributed by atoms with Gasteiger partial charge in [-0.1, -0.05) is 48.5 Å². The van der Waals surface area contributed by atoms with Gasteiger partial charge in [0.15, 0.2) is 0 Å². The van der Waals surface area contributed by atoms with Gasteiger partial charge in [-0.2, -0.15) is 5.10 Å². The van der Waals surface area contributed by atoms with Crippen LogP contribution in [0.4, 0.5) is 0 Å². The molecule has 2 heteroatoms. The van der Waals surface area contributed by atoms with Gasteiger partial charge in [0.2, 0.25) is 0 Å². The highest BCUT2D eigenvalue weighted by Gasteiger charge is 2.18. The second-order valence-electron chi connectivity index (χ2n) is 4.29. The molecule has 0 heterocycles. The van der Waals surface area contributed by atoms with E-state index < -0.39 is 0 Å². The normalized spacial score (nSPS) is 13.5. The number of aryl methyl sites for hydroxylation is 2. The number of nitrogens with zero attached hydrogens (tertiary/aromatic N) is 1. The van der Waals surface area contributed by atoms with Gasteiger partial charge in [-0.15, -0.1) is 0 Å². The minimum absolute atomic E-state index is 0.911. The SMILES string of the molecule is NN=C1c2ccccc2CCc2ccccc21. The van der Waals surface area contributed by atoms with Crippen LogP contribution in [0.15, 0.2) is 53.6 Å². The number of hydrazone groups is 1. The molecule has 0 saturated carbocycles. The first-order valence-corrected chi connectivity index (χ1v) is 5.84. The zero-order chi connectivity index (χ0) is 11.7. The van der Waals surface area contributed by atoms with E-state index in [-0.39, 0.29) is 0 Å². The minimum atomic E-state index is 0.911. The lowest BCUT2D eigenvalue weighted by molar-refractivity contribution is 0.965. The van der Waals surface area contributed by atoms with Crippen molar-refractivity contribution in [3.05, 3.63) is 70.8 Å². The fourth-order valence-corrected chi connectivity index (χ4v) is 2.49. The van der Waals surface area contributed by atoms with E-state index in [9.17, 15) is 0 Å². The Balaban J connectivity index is 2.27. The Morgan fingerprint density at radius 2 is 1.24 bits per heavy atom. The smallest absolute Gasteiger partial charge is 0.0976 e. The van der Waals surface area contributed by atoms with Crippen molar-refractivity contribution in [2.75, 3.05) is 0 Å². The Morgan fingerprint density at radius 1 is 0.765 bits per heavy atom. The summed E-state index contributed by atoms with van der Waals surface area (Å²) in [4.78, 5) is 0. The van der Waals surface area contributed by atoms with Gasteiger partial charge in [0.05, 0.1) is 5.71 Å². The van der Waals surface area contributed by atoms with Crippen molar-refractivity contribution in [3.63, 3.8) is 0 Å². The van der Waals surface area contributed by atoms with Crippen LogP contribution in [-0.4, -0.2) is 5.71 Å². The molecule has 0 saturated heterocycles. The van der Waals surface area contributed by atoms with Crippen LogP contribution in [0.3, 0.4) is 0 Å². The summed E-state index contributed by atoms with van der Waals surface area (Å²) >= 11 is 0. The molecule has 2 aromatic carbocycles. The van der Waals surface area contributed by atoms with Crippen LogP contribution >= 0.6 is 0 Å². The van der Waals surface area contributed by atoms with Crippen molar-refractivity contribution < 1.29 is 0 Å². The molecular formula is C15H14N2. The summed E-state index contributed by atoms with van der Waals surface area (Å²) in [5.74, 6) is 5.59. The van der Waals surface area contributed by atoms with Gasteiger partial charge in [-0.25, -0.2) is 0 Å². The highest BCUT2D eigenvalue weighted by Crippen LogP contribution is 2.24. The predicted octanol–water partition coefficient (Wildman–Crippen LogP) is 2.50. The lowest BCUT2D eigenvalue weighted by atomic mass is 9.98. The summed E-state index contributed by atoms with van der Waals surface area (Å²) in [5.41, 5.74) is 5.90. The highest BCUT2D eigenvalue weighted by molar-refractivity contribution is 6.14. The third kappa shape index (κ3) is 1.62. The molecule has 3 rings (SSSR count). The van der Waals surface area contributed by atoms with Crippen molar-refractivity contribution in [1.82, 2.24) is 0 Å². The molecule has 2 aromatic rings. The van der Waals surface area contributed by atoms with Crippen LogP contribution in [0, 0.1) is 0 Å². The third-order valence-electron chi connectivity index (χ3n) is 3.34. The molecule has 0 amide bonds. The fourth-order valence-electron chi connectivity index (χ4n) is 2.49. The molecule has 0 fully saturated rings. The Labute approximate surface area is 101 Å². The van der Waals surface area contributed by atoms with E-state index in [1.54, 1.807) is 0 Å². The van der Waals surface area contributed by atoms with E-state index in [0.29, 0.717) is 0 Å². The number of hydrogen-bond acceptors (Lipinski definition) is 2. The first-order valence-electron chi connectivity index (χ1n) is 5.84. The van der Waals surface area contributed by atoms with Crippen LogP contribution < -0.4 is 5.84 Å². The Kier molecular flexibility index (Phi) is 2.41. The summed E-state index contributed by atoms with van der Waals surface area (Å²) in [7, 11) is 0. The number of nitrogens with two attached hydrogens (primary N) is 1. The van der Waals surface area contributed by atoms with Crippen LogP contribution in [0.2, 0.25) is 0 Å². The van der Waals surface area contributed by atoms with Gasteiger partial charge in [-0.3, -0.25) is 0 Å². The average Bonchev–Trinajstić information content (AvgIpc) is 2.55. The zero-order valence-electron chi connectivity index (χ0n) is 9.56. The summed E-state index contributed by atoms with van der Waals surface area (Å²) in [5, 5.41) is 4.01. The van der Waals surface area contributed by atoms with Crippen molar-refractivity contribution in [2.45, 2.75) is 12.8 Å². The van der Waals surface area contributed by atoms with Crippen molar-refractivity contribution in [2.24, 2.45) is 10.9 Å². The van der Waals surface area contributed by atoms with Crippen molar-refractivity contribution in [1.29, 1.82) is 0 Å². The first-order chi connectivity index (χ1) is 8.40. The van der Waals surface area contributed by atoms with Gasteiger partial charge >= 0.3 is 0 Å². The van der Waals surface area contributed by atoms with E-state index in [0.717, 1.165) is 18.6 Å². The van der Waals surface area contributed by atoms with Crippen LogP contribution in [0.5, 0.6) is 0 Å². The lowest BCUT2D eigenvalue weighted by Gasteiger charge is -2.08. The summed E-state index contributed by atoms with van der Waals surface area (Å²) < 4.78 is 0. The van der Waals surface area contributed by atoms with Crippen molar-refractivity contribution in [3.8, 4) is 0 Å². The van der Waals surface area contributed by atoms with Gasteiger partial charge in [0.25, 0.3) is 0 Å². The van der Waals surface area contributed by atoms with Gasteiger partial charge in [-0.05, 0) is 24.0 Å². The Hall–Kier alpha value is -2.09. The fraction of sp³-hybridized carbons (Fsp3) is 0.133. The molecule has 0 aromatic heterocycles. The third-order valence-corrected chi connectivity index (χ3v) is 3.34. The monoisotopic (exact) mass is 222 g/mol. The summed E-state index contributed by atoms with van der Waals surface area (Å²) in [6, 6.07) is 16.7. The Morgan fingerprint density at radius 3 is 1.71 bits per heavy atom. The topological polar surface area (TPSA) is 38.4 Å². The van der Waals surface area contributed by atoms with E-state index in [1.807, 2.05) is 12.1 Å². The van der Waals surface area contributed by atoms with Crippen LogP contribution in [0.25, 0.3) is 0 Å². The number of benzene rings is 2. The van der Waals surface area contributed by atoms with Gasteiger partial charge < -0.3 is 5.84 Å². The van der Waals surface area contributed by atoms with E-state index in [2.05, 4.69) is 41.5 Å². The van der Waals surface area contributed by atoms with Crippen LogP contribution in [0.1, 0.15) is 22.3 Å². The summed E-state index contributed by atoms with van der Waals surface area (Å²) in [6.07, 6.45) is 2.10. The number of rotatable bonds is 0. The molecule has 0 bridgehead atoms. The molecule has 17 heavy (non-hydrogen) atoms.